The summed E-state index contributed by atoms with van der Waals surface area (Å²) in [5.74, 6) is -0.313. The van der Waals surface area contributed by atoms with Gasteiger partial charge < -0.3 is 15.3 Å². The summed E-state index contributed by atoms with van der Waals surface area (Å²) in [6.07, 6.45) is 9.71. The van der Waals surface area contributed by atoms with Crippen LogP contribution in [0.1, 0.15) is 26.2 Å². The SMILES string of the molecule is CCCF.C[O-].Cn1cc(-c2cn3ncc(F)c(N4CC5CCC(C4)N5)c3n2)cn1.[K+]. The molecule has 11 heteroatoms. The number of hydrogen-bond acceptors (Lipinski definition) is 6. The van der Waals surface area contributed by atoms with Crippen molar-refractivity contribution in [2.24, 2.45) is 7.05 Å². The van der Waals surface area contributed by atoms with Gasteiger partial charge in [-0.3, -0.25) is 9.07 Å². The molecular weight excluding hydrogens is 431 g/mol. The molecule has 3 aromatic heterocycles. The Labute approximate surface area is 223 Å². The molecule has 0 aromatic carbocycles. The van der Waals surface area contributed by atoms with Crippen LogP contribution in [0, 0.1) is 5.82 Å². The van der Waals surface area contributed by atoms with Crippen LogP contribution in [0.25, 0.3) is 16.9 Å². The first-order valence-electron chi connectivity index (χ1n) is 10.1. The molecule has 2 bridgehead atoms. The Kier molecular flexibility index (Phi) is 10.5. The predicted molar refractivity (Wildman–Crippen MR) is 109 cm³/mol. The van der Waals surface area contributed by atoms with Crippen LogP contribution in [0.2, 0.25) is 0 Å². The minimum atomic E-state index is -0.313. The average molecular weight is 460 g/mol. The number of fused-ring (bicyclic) bond motifs is 3. The van der Waals surface area contributed by atoms with Crippen molar-refractivity contribution in [3.8, 4) is 11.3 Å². The summed E-state index contributed by atoms with van der Waals surface area (Å²) in [5, 5.41) is 20.2. The summed E-state index contributed by atoms with van der Waals surface area (Å²) in [4.78, 5) is 6.76. The van der Waals surface area contributed by atoms with Crippen molar-refractivity contribution >= 4 is 11.3 Å². The van der Waals surface area contributed by atoms with E-state index in [-0.39, 0.29) is 63.9 Å². The molecular formula is C20H28F2KN7O. The fourth-order valence-electron chi connectivity index (χ4n) is 3.87. The van der Waals surface area contributed by atoms with E-state index in [0.717, 1.165) is 44.3 Å². The standard InChI is InChI=1S/C16H18FN7.C3H7F.CH3O.K/c1-22-6-10(4-18-22)14-9-24-16(21-14)15(13(17)5-19-24)23-7-11-2-3-12(8-23)20-11;1-2-3-4;1-2;/h4-6,9,11-12,20H,2-3,7-8H2,1H3;2-3H2,1H3;1H3;/q;;-1;+1. The Hall–Kier alpha value is -0.954. The molecule has 0 amide bonds. The van der Waals surface area contributed by atoms with Gasteiger partial charge in [-0.25, -0.2) is 13.9 Å². The molecule has 0 saturated carbocycles. The van der Waals surface area contributed by atoms with Crippen molar-refractivity contribution in [3.05, 3.63) is 30.6 Å². The van der Waals surface area contributed by atoms with Crippen LogP contribution in [-0.4, -0.2) is 63.3 Å². The Morgan fingerprint density at radius 3 is 2.32 bits per heavy atom. The number of halogens is 2. The number of alkyl halides is 1. The number of aromatic nitrogens is 5. The first-order chi connectivity index (χ1) is 14.6. The Morgan fingerprint density at radius 1 is 1.13 bits per heavy atom. The van der Waals surface area contributed by atoms with Gasteiger partial charge in [0.25, 0.3) is 0 Å². The summed E-state index contributed by atoms with van der Waals surface area (Å²) in [6.45, 7) is 3.24. The second-order valence-electron chi connectivity index (χ2n) is 7.37. The third kappa shape index (κ3) is 6.09. The Morgan fingerprint density at radius 2 is 1.77 bits per heavy atom. The second kappa shape index (κ2) is 12.3. The van der Waals surface area contributed by atoms with E-state index in [4.69, 9.17) is 5.11 Å². The molecule has 5 rings (SSSR count). The minimum absolute atomic E-state index is 0. The zero-order valence-corrected chi connectivity index (χ0v) is 21.7. The van der Waals surface area contributed by atoms with Gasteiger partial charge in [-0.05, 0) is 19.3 Å². The van der Waals surface area contributed by atoms with Gasteiger partial charge >= 0.3 is 51.4 Å². The van der Waals surface area contributed by atoms with Gasteiger partial charge in [-0.1, -0.05) is 6.92 Å². The number of rotatable bonds is 3. The molecule has 0 radical (unpaired) electrons. The van der Waals surface area contributed by atoms with E-state index in [2.05, 4.69) is 25.4 Å². The Bertz CT molecular complexity index is 950. The second-order valence-corrected chi connectivity index (χ2v) is 7.37. The molecule has 2 atom stereocenters. The number of anilines is 1. The van der Waals surface area contributed by atoms with Crippen molar-refractivity contribution in [2.75, 3.05) is 31.8 Å². The van der Waals surface area contributed by atoms with Crippen LogP contribution in [0.3, 0.4) is 0 Å². The van der Waals surface area contributed by atoms with Gasteiger partial charge in [0, 0.05) is 44.0 Å². The number of piperazine rings is 1. The molecule has 0 aliphatic carbocycles. The van der Waals surface area contributed by atoms with Crippen LogP contribution in [-0.2, 0) is 7.05 Å². The van der Waals surface area contributed by atoms with Gasteiger partial charge in [0.05, 0.1) is 31.0 Å². The molecule has 2 saturated heterocycles. The van der Waals surface area contributed by atoms with Gasteiger partial charge in [0.15, 0.2) is 11.5 Å². The van der Waals surface area contributed by atoms with Crippen molar-refractivity contribution in [2.45, 2.75) is 38.3 Å². The summed E-state index contributed by atoms with van der Waals surface area (Å²) >= 11 is 0. The fourth-order valence-corrected chi connectivity index (χ4v) is 3.87. The van der Waals surface area contributed by atoms with E-state index in [1.807, 2.05) is 19.4 Å². The first kappa shape index (κ1) is 26.3. The molecule has 31 heavy (non-hydrogen) atoms. The number of hydrogen-bond donors (Lipinski definition) is 1. The monoisotopic (exact) mass is 459 g/mol. The van der Waals surface area contributed by atoms with Crippen LogP contribution in [0.15, 0.2) is 24.8 Å². The predicted octanol–water partition coefficient (Wildman–Crippen LogP) is -1.44. The largest absolute Gasteiger partial charge is 1.00 e. The molecule has 2 aliphatic heterocycles. The number of imidazole rings is 1. The minimum Gasteiger partial charge on any atom is -0.857 e. The topological polar surface area (TPSA) is 86.3 Å². The quantitative estimate of drug-likeness (QED) is 0.483. The van der Waals surface area contributed by atoms with Crippen molar-refractivity contribution < 1.29 is 65.3 Å². The summed E-state index contributed by atoms with van der Waals surface area (Å²) < 4.78 is 28.7. The fraction of sp³-hybridized carbons (Fsp3) is 0.550. The molecule has 164 valence electrons. The maximum absolute atomic E-state index is 14.6. The first-order valence-corrected chi connectivity index (χ1v) is 10.1. The maximum atomic E-state index is 14.6. The molecule has 0 spiro atoms. The van der Waals surface area contributed by atoms with Crippen molar-refractivity contribution in [1.82, 2.24) is 29.7 Å². The smallest absolute Gasteiger partial charge is 0.857 e. The zero-order valence-electron chi connectivity index (χ0n) is 18.6. The van der Waals surface area contributed by atoms with Gasteiger partial charge in [0.2, 0.25) is 0 Å². The van der Waals surface area contributed by atoms with E-state index in [0.29, 0.717) is 29.8 Å². The van der Waals surface area contributed by atoms with Crippen LogP contribution < -0.4 is 66.7 Å². The summed E-state index contributed by atoms with van der Waals surface area (Å²) in [5.41, 5.74) is 2.77. The van der Waals surface area contributed by atoms with Crippen LogP contribution >= 0.6 is 0 Å². The molecule has 2 fully saturated rings. The third-order valence-corrected chi connectivity index (χ3v) is 5.14. The average Bonchev–Trinajstić information content (AvgIpc) is 3.47. The van der Waals surface area contributed by atoms with Gasteiger partial charge in [-0.2, -0.15) is 17.3 Å². The number of nitrogens with one attached hydrogen (secondary N) is 1. The summed E-state index contributed by atoms with van der Waals surface area (Å²) in [6, 6.07) is 0.869. The molecule has 8 nitrogen and oxygen atoms in total. The van der Waals surface area contributed by atoms with Gasteiger partial charge in [0.1, 0.15) is 5.69 Å². The van der Waals surface area contributed by atoms with Gasteiger partial charge in [-0.15, -0.1) is 0 Å². The van der Waals surface area contributed by atoms with Crippen LogP contribution in [0.5, 0.6) is 0 Å². The summed E-state index contributed by atoms with van der Waals surface area (Å²) in [7, 11) is 2.61. The van der Waals surface area contributed by atoms with Crippen molar-refractivity contribution in [1.29, 1.82) is 0 Å². The molecule has 1 N–H and O–H groups in total. The maximum Gasteiger partial charge on any atom is 1.00 e. The van der Waals surface area contributed by atoms with Crippen molar-refractivity contribution in [3.63, 3.8) is 0 Å². The number of nitrogens with zero attached hydrogens (tertiary/aromatic N) is 6. The molecule has 5 heterocycles. The molecule has 2 aliphatic rings. The zero-order chi connectivity index (χ0) is 21.7. The molecule has 3 aromatic rings. The number of aryl methyl sites for hydroxylation is 1. The molecule has 2 unspecified atom stereocenters. The van der Waals surface area contributed by atoms with E-state index in [9.17, 15) is 8.78 Å². The van der Waals surface area contributed by atoms with E-state index >= 15 is 0 Å². The van der Waals surface area contributed by atoms with E-state index in [1.54, 1.807) is 22.3 Å². The van der Waals surface area contributed by atoms with E-state index < -0.39 is 0 Å². The van der Waals surface area contributed by atoms with Crippen LogP contribution in [0.4, 0.5) is 14.5 Å². The normalized spacial score (nSPS) is 19.2. The third-order valence-electron chi connectivity index (χ3n) is 5.14. The Balaban J connectivity index is 0.000000442. The van der Waals surface area contributed by atoms with E-state index in [1.165, 1.54) is 6.20 Å².